The van der Waals surface area contributed by atoms with Gasteiger partial charge in [0.15, 0.2) is 0 Å². The van der Waals surface area contributed by atoms with Crippen LogP contribution in [0.3, 0.4) is 0 Å². The van der Waals surface area contributed by atoms with Gasteiger partial charge in [-0.25, -0.2) is 0 Å². The van der Waals surface area contributed by atoms with Crippen molar-refractivity contribution in [2.75, 3.05) is 11.5 Å². The number of hydrogen-bond acceptors (Lipinski definition) is 2. The molecule has 0 aliphatic carbocycles. The molecule has 72 valence electrons. The highest BCUT2D eigenvalue weighted by Crippen LogP contribution is 2.08. The molecule has 1 N–H and O–H groups in total. The molecule has 0 saturated heterocycles. The van der Waals surface area contributed by atoms with Crippen molar-refractivity contribution >= 4 is 17.7 Å². The summed E-state index contributed by atoms with van der Waals surface area (Å²) in [5, 5.41) is 8.33. The van der Waals surface area contributed by atoms with Gasteiger partial charge in [-0.1, -0.05) is 32.6 Å². The maximum absolute atomic E-state index is 10.1. The molecule has 0 amide bonds. The summed E-state index contributed by atoms with van der Waals surface area (Å²) in [5.74, 6) is 0.553. The van der Waals surface area contributed by atoms with Crippen molar-refractivity contribution in [3.63, 3.8) is 0 Å². The van der Waals surface area contributed by atoms with Gasteiger partial charge in [-0.15, -0.1) is 0 Å². The SMILES string of the molecule is CCCCCCCSCC(=O)O. The summed E-state index contributed by atoms with van der Waals surface area (Å²) in [7, 11) is 0. The normalized spacial score (nSPS) is 10.1. The number of unbranched alkanes of at least 4 members (excludes halogenated alkanes) is 4. The Morgan fingerprint density at radius 2 is 1.92 bits per heavy atom. The first kappa shape index (κ1) is 11.8. The summed E-state index contributed by atoms with van der Waals surface area (Å²) in [6.07, 6.45) is 6.29. The predicted octanol–water partition coefficient (Wildman–Crippen LogP) is 2.77. The fourth-order valence-corrected chi connectivity index (χ4v) is 1.69. The van der Waals surface area contributed by atoms with Crippen LogP contribution in [0.4, 0.5) is 0 Å². The third-order valence-electron chi connectivity index (χ3n) is 1.62. The predicted molar refractivity (Wildman–Crippen MR) is 53.7 cm³/mol. The van der Waals surface area contributed by atoms with Crippen molar-refractivity contribution in [1.29, 1.82) is 0 Å². The minimum absolute atomic E-state index is 0.258. The number of carbonyl (C=O) groups is 1. The van der Waals surface area contributed by atoms with E-state index in [9.17, 15) is 4.79 Å². The van der Waals surface area contributed by atoms with Gasteiger partial charge in [0.2, 0.25) is 0 Å². The second-order valence-corrected chi connectivity index (χ2v) is 3.97. The van der Waals surface area contributed by atoms with Crippen molar-refractivity contribution in [1.82, 2.24) is 0 Å². The molecule has 2 nitrogen and oxygen atoms in total. The highest BCUT2D eigenvalue weighted by molar-refractivity contribution is 7.99. The molecule has 0 radical (unpaired) electrons. The standard InChI is InChI=1S/C9H18O2S/c1-2-3-4-5-6-7-12-8-9(10)11/h2-8H2,1H3,(H,10,11). The monoisotopic (exact) mass is 190 g/mol. The van der Waals surface area contributed by atoms with E-state index in [4.69, 9.17) is 5.11 Å². The van der Waals surface area contributed by atoms with Crippen LogP contribution in [-0.4, -0.2) is 22.6 Å². The van der Waals surface area contributed by atoms with Crippen LogP contribution in [0.1, 0.15) is 39.0 Å². The van der Waals surface area contributed by atoms with Crippen LogP contribution in [0, 0.1) is 0 Å². The molecule has 0 fully saturated rings. The van der Waals surface area contributed by atoms with Gasteiger partial charge >= 0.3 is 5.97 Å². The van der Waals surface area contributed by atoms with Crippen LogP contribution in [0.2, 0.25) is 0 Å². The molecular weight excluding hydrogens is 172 g/mol. The van der Waals surface area contributed by atoms with Crippen LogP contribution in [0.5, 0.6) is 0 Å². The molecule has 0 atom stereocenters. The van der Waals surface area contributed by atoms with Gasteiger partial charge in [-0.2, -0.15) is 11.8 Å². The van der Waals surface area contributed by atoms with E-state index < -0.39 is 5.97 Å². The van der Waals surface area contributed by atoms with Crippen LogP contribution < -0.4 is 0 Å². The molecular formula is C9H18O2S. The van der Waals surface area contributed by atoms with E-state index in [0.717, 1.165) is 12.2 Å². The molecule has 0 aromatic carbocycles. The Bertz CT molecular complexity index is 115. The molecule has 0 spiro atoms. The van der Waals surface area contributed by atoms with Gasteiger partial charge in [-0.05, 0) is 12.2 Å². The van der Waals surface area contributed by atoms with Crippen LogP contribution in [0.15, 0.2) is 0 Å². The van der Waals surface area contributed by atoms with Gasteiger partial charge in [0.25, 0.3) is 0 Å². The van der Waals surface area contributed by atoms with Crippen LogP contribution >= 0.6 is 11.8 Å². The van der Waals surface area contributed by atoms with Crippen LogP contribution in [-0.2, 0) is 4.79 Å². The average Bonchev–Trinajstić information content (AvgIpc) is 2.02. The van der Waals surface area contributed by atoms with Gasteiger partial charge in [0.1, 0.15) is 0 Å². The fourth-order valence-electron chi connectivity index (χ4n) is 0.967. The van der Waals surface area contributed by atoms with Crippen molar-refractivity contribution in [3.8, 4) is 0 Å². The number of rotatable bonds is 8. The fraction of sp³-hybridized carbons (Fsp3) is 0.889. The number of carboxylic acid groups (broad SMARTS) is 1. The summed E-state index contributed by atoms with van der Waals surface area (Å²) >= 11 is 1.52. The Morgan fingerprint density at radius 1 is 1.25 bits per heavy atom. The van der Waals surface area contributed by atoms with E-state index in [1.807, 2.05) is 0 Å². The topological polar surface area (TPSA) is 37.3 Å². The third kappa shape index (κ3) is 9.82. The number of carboxylic acids is 1. The zero-order valence-corrected chi connectivity index (χ0v) is 8.53. The molecule has 0 aromatic heterocycles. The first-order valence-electron chi connectivity index (χ1n) is 4.57. The Morgan fingerprint density at radius 3 is 2.50 bits per heavy atom. The molecule has 0 unspecified atom stereocenters. The Hall–Kier alpha value is -0.180. The second kappa shape index (κ2) is 8.91. The molecule has 12 heavy (non-hydrogen) atoms. The molecule has 0 aromatic rings. The van der Waals surface area contributed by atoms with Crippen molar-refractivity contribution in [2.45, 2.75) is 39.0 Å². The summed E-state index contributed by atoms with van der Waals surface area (Å²) in [6, 6.07) is 0. The van der Waals surface area contributed by atoms with Crippen molar-refractivity contribution in [3.05, 3.63) is 0 Å². The molecule has 0 aliphatic rings. The van der Waals surface area contributed by atoms with E-state index in [1.165, 1.54) is 37.4 Å². The highest BCUT2D eigenvalue weighted by Gasteiger charge is 1.95. The quantitative estimate of drug-likeness (QED) is 0.598. The van der Waals surface area contributed by atoms with E-state index in [2.05, 4.69) is 6.92 Å². The maximum atomic E-state index is 10.1. The summed E-state index contributed by atoms with van der Waals surface area (Å²) in [5.41, 5.74) is 0. The third-order valence-corrected chi connectivity index (χ3v) is 2.65. The lowest BCUT2D eigenvalue weighted by molar-refractivity contribution is -0.133. The molecule has 0 saturated carbocycles. The van der Waals surface area contributed by atoms with Gasteiger partial charge in [-0.3, -0.25) is 4.79 Å². The van der Waals surface area contributed by atoms with Crippen molar-refractivity contribution < 1.29 is 9.90 Å². The summed E-state index contributed by atoms with van der Waals surface area (Å²) < 4.78 is 0. The minimum Gasteiger partial charge on any atom is -0.481 e. The molecule has 0 aliphatic heterocycles. The van der Waals surface area contributed by atoms with Gasteiger partial charge < -0.3 is 5.11 Å². The molecule has 0 rings (SSSR count). The smallest absolute Gasteiger partial charge is 0.313 e. The van der Waals surface area contributed by atoms with E-state index in [0.29, 0.717) is 0 Å². The maximum Gasteiger partial charge on any atom is 0.313 e. The Kier molecular flexibility index (Phi) is 8.78. The highest BCUT2D eigenvalue weighted by atomic mass is 32.2. The summed E-state index contributed by atoms with van der Waals surface area (Å²) in [4.78, 5) is 10.1. The molecule has 0 bridgehead atoms. The Labute approximate surface area is 78.7 Å². The average molecular weight is 190 g/mol. The molecule has 3 heteroatoms. The zero-order valence-electron chi connectivity index (χ0n) is 7.71. The van der Waals surface area contributed by atoms with Crippen molar-refractivity contribution in [2.24, 2.45) is 0 Å². The summed E-state index contributed by atoms with van der Waals surface area (Å²) in [6.45, 7) is 2.19. The van der Waals surface area contributed by atoms with Crippen LogP contribution in [0.25, 0.3) is 0 Å². The molecule has 0 heterocycles. The first-order chi connectivity index (χ1) is 5.77. The van der Waals surface area contributed by atoms with E-state index >= 15 is 0 Å². The van der Waals surface area contributed by atoms with Gasteiger partial charge in [0, 0.05) is 0 Å². The zero-order chi connectivity index (χ0) is 9.23. The lowest BCUT2D eigenvalue weighted by Gasteiger charge is -1.98. The number of aliphatic carboxylic acids is 1. The second-order valence-electron chi connectivity index (χ2n) is 2.86. The Balaban J connectivity index is 2.86. The number of thioether (sulfide) groups is 1. The lowest BCUT2D eigenvalue weighted by Crippen LogP contribution is -1.98. The van der Waals surface area contributed by atoms with E-state index in [-0.39, 0.29) is 5.75 Å². The van der Waals surface area contributed by atoms with E-state index in [1.54, 1.807) is 0 Å². The first-order valence-corrected chi connectivity index (χ1v) is 5.72. The largest absolute Gasteiger partial charge is 0.481 e. The lowest BCUT2D eigenvalue weighted by atomic mass is 10.2. The minimum atomic E-state index is -0.700. The van der Waals surface area contributed by atoms with Gasteiger partial charge in [0.05, 0.1) is 5.75 Å². The number of hydrogen-bond donors (Lipinski definition) is 1.